The van der Waals surface area contributed by atoms with Gasteiger partial charge in [-0.3, -0.25) is 4.72 Å². The first-order valence-electron chi connectivity index (χ1n) is 4.90. The molecule has 102 valence electrons. The molecule has 0 unspecified atom stereocenters. The highest BCUT2D eigenvalue weighted by Gasteiger charge is 2.21. The van der Waals surface area contributed by atoms with E-state index in [2.05, 4.69) is 25.6 Å². The number of aromatic nitrogens is 1. The monoisotopic (exact) mass is 384 g/mol. The molecule has 0 fully saturated rings. The number of sulfonamides is 1. The van der Waals surface area contributed by atoms with E-state index in [0.29, 0.717) is 5.69 Å². The van der Waals surface area contributed by atoms with E-state index in [1.807, 2.05) is 0 Å². The van der Waals surface area contributed by atoms with Gasteiger partial charge >= 0.3 is 0 Å². The molecule has 0 radical (unpaired) electrons. The van der Waals surface area contributed by atoms with Gasteiger partial charge in [-0.25, -0.2) is 17.8 Å². The predicted molar refractivity (Wildman–Crippen MR) is 76.8 cm³/mol. The smallest absolute Gasteiger partial charge is 0.273 e. The molecule has 0 amide bonds. The van der Waals surface area contributed by atoms with Gasteiger partial charge in [-0.15, -0.1) is 0 Å². The van der Waals surface area contributed by atoms with Gasteiger partial charge in [0.2, 0.25) is 0 Å². The molecule has 0 aliphatic heterocycles. The van der Waals surface area contributed by atoms with Gasteiger partial charge in [0, 0.05) is 0 Å². The van der Waals surface area contributed by atoms with Crippen LogP contribution in [-0.2, 0) is 10.0 Å². The molecule has 0 aliphatic rings. The van der Waals surface area contributed by atoms with Crippen LogP contribution >= 0.6 is 38.9 Å². The Kier molecular flexibility index (Phi) is 4.14. The SMILES string of the molecule is Cc1nc(Cl)sc1S(=O)(=O)Nc1ccc(F)c(Br)c1. The summed E-state index contributed by atoms with van der Waals surface area (Å²) in [4.78, 5) is 3.85. The summed E-state index contributed by atoms with van der Waals surface area (Å²) in [5.74, 6) is -0.472. The zero-order valence-corrected chi connectivity index (χ0v) is 13.4. The summed E-state index contributed by atoms with van der Waals surface area (Å²) in [5.41, 5.74) is 0.570. The van der Waals surface area contributed by atoms with Crippen molar-refractivity contribution in [2.75, 3.05) is 4.72 Å². The van der Waals surface area contributed by atoms with Crippen LogP contribution in [0.4, 0.5) is 10.1 Å². The van der Waals surface area contributed by atoms with Crippen LogP contribution in [0.2, 0.25) is 4.47 Å². The van der Waals surface area contributed by atoms with E-state index in [4.69, 9.17) is 11.6 Å². The third-order valence-corrected chi connectivity index (χ3v) is 6.00. The maximum Gasteiger partial charge on any atom is 0.273 e. The first kappa shape index (κ1) is 14.7. The fraction of sp³-hybridized carbons (Fsp3) is 0.100. The van der Waals surface area contributed by atoms with Crippen LogP contribution in [0.5, 0.6) is 0 Å². The van der Waals surface area contributed by atoms with E-state index < -0.39 is 15.8 Å². The second-order valence-corrected chi connectivity index (χ2v) is 7.89. The average molecular weight is 386 g/mol. The van der Waals surface area contributed by atoms with E-state index in [0.717, 1.165) is 17.4 Å². The molecule has 0 saturated carbocycles. The van der Waals surface area contributed by atoms with Gasteiger partial charge < -0.3 is 0 Å². The van der Waals surface area contributed by atoms with Crippen LogP contribution in [0.1, 0.15) is 5.69 Å². The third kappa shape index (κ3) is 3.25. The predicted octanol–water partition coefficient (Wildman–Crippen LogP) is 3.81. The normalized spacial score (nSPS) is 11.6. The fourth-order valence-electron chi connectivity index (χ4n) is 1.36. The minimum Gasteiger partial charge on any atom is -0.279 e. The lowest BCUT2D eigenvalue weighted by Crippen LogP contribution is -2.12. The number of hydrogen-bond acceptors (Lipinski definition) is 4. The zero-order valence-electron chi connectivity index (χ0n) is 9.45. The second kappa shape index (κ2) is 5.35. The Bertz CT molecular complexity index is 733. The van der Waals surface area contributed by atoms with Crippen molar-refractivity contribution < 1.29 is 12.8 Å². The Morgan fingerprint density at radius 1 is 1.47 bits per heavy atom. The Morgan fingerprint density at radius 3 is 2.68 bits per heavy atom. The van der Waals surface area contributed by atoms with Crippen LogP contribution in [0, 0.1) is 12.7 Å². The Labute approximate surface area is 126 Å². The number of aryl methyl sites for hydroxylation is 1. The van der Waals surface area contributed by atoms with Crippen LogP contribution < -0.4 is 4.72 Å². The molecule has 0 aliphatic carbocycles. The van der Waals surface area contributed by atoms with Crippen LogP contribution in [-0.4, -0.2) is 13.4 Å². The van der Waals surface area contributed by atoms with Crippen molar-refractivity contribution in [1.82, 2.24) is 4.98 Å². The molecule has 0 saturated heterocycles. The summed E-state index contributed by atoms with van der Waals surface area (Å²) >= 11 is 9.53. The van der Waals surface area contributed by atoms with Gasteiger partial charge in [0.25, 0.3) is 10.0 Å². The Balaban J connectivity index is 2.36. The van der Waals surface area contributed by atoms with Gasteiger partial charge in [0.1, 0.15) is 5.82 Å². The maximum atomic E-state index is 13.1. The molecule has 2 aromatic rings. The van der Waals surface area contributed by atoms with Crippen molar-refractivity contribution in [3.63, 3.8) is 0 Å². The topological polar surface area (TPSA) is 59.1 Å². The highest BCUT2D eigenvalue weighted by atomic mass is 79.9. The molecule has 2 rings (SSSR count). The van der Waals surface area contributed by atoms with Crippen LogP contribution in [0.3, 0.4) is 0 Å². The molecule has 0 spiro atoms. The maximum absolute atomic E-state index is 13.1. The molecule has 1 aromatic carbocycles. The first-order chi connectivity index (χ1) is 8.79. The lowest BCUT2D eigenvalue weighted by atomic mass is 10.3. The number of benzene rings is 1. The summed E-state index contributed by atoms with van der Waals surface area (Å²) < 4.78 is 40.0. The van der Waals surface area contributed by atoms with Gasteiger partial charge in [-0.2, -0.15) is 0 Å². The number of nitrogens with one attached hydrogen (secondary N) is 1. The van der Waals surface area contributed by atoms with E-state index >= 15 is 0 Å². The van der Waals surface area contributed by atoms with Crippen LogP contribution in [0.25, 0.3) is 0 Å². The largest absolute Gasteiger partial charge is 0.279 e. The molecule has 1 heterocycles. The summed E-state index contributed by atoms with van der Waals surface area (Å²) in [6.45, 7) is 1.55. The lowest BCUT2D eigenvalue weighted by Gasteiger charge is -2.07. The van der Waals surface area contributed by atoms with E-state index in [1.165, 1.54) is 12.1 Å². The summed E-state index contributed by atoms with van der Waals surface area (Å²) in [7, 11) is -3.77. The lowest BCUT2D eigenvalue weighted by molar-refractivity contribution is 0.602. The van der Waals surface area contributed by atoms with Crippen molar-refractivity contribution in [3.8, 4) is 0 Å². The number of halogens is 3. The first-order valence-corrected chi connectivity index (χ1v) is 8.37. The summed E-state index contributed by atoms with van der Waals surface area (Å²) in [5, 5.41) is 0. The number of anilines is 1. The summed E-state index contributed by atoms with van der Waals surface area (Å²) in [6, 6.07) is 3.83. The average Bonchev–Trinajstić information content (AvgIpc) is 2.63. The van der Waals surface area contributed by atoms with Gasteiger partial charge in [-0.1, -0.05) is 22.9 Å². The number of rotatable bonds is 3. The third-order valence-electron chi connectivity index (χ3n) is 2.14. The molecule has 0 bridgehead atoms. The Morgan fingerprint density at radius 2 is 2.16 bits per heavy atom. The molecular formula is C10H7BrClFN2O2S2. The molecule has 0 atom stereocenters. The van der Waals surface area contributed by atoms with Crippen molar-refractivity contribution in [3.05, 3.63) is 38.6 Å². The van der Waals surface area contributed by atoms with Gasteiger partial charge in [-0.05, 0) is 41.1 Å². The van der Waals surface area contributed by atoms with E-state index in [1.54, 1.807) is 6.92 Å². The highest BCUT2D eigenvalue weighted by molar-refractivity contribution is 9.10. The molecule has 9 heteroatoms. The highest BCUT2D eigenvalue weighted by Crippen LogP contribution is 2.29. The van der Waals surface area contributed by atoms with Gasteiger partial charge in [0.15, 0.2) is 8.68 Å². The van der Waals surface area contributed by atoms with Crippen molar-refractivity contribution >= 4 is 54.6 Å². The minimum absolute atomic E-state index is 0.0398. The Hall–Kier alpha value is -0.700. The van der Waals surface area contributed by atoms with Crippen LogP contribution in [0.15, 0.2) is 26.9 Å². The molecule has 4 nitrogen and oxygen atoms in total. The number of thiazole rings is 1. The van der Waals surface area contributed by atoms with Crippen molar-refractivity contribution in [2.24, 2.45) is 0 Å². The van der Waals surface area contributed by atoms with Crippen molar-refractivity contribution in [1.29, 1.82) is 0 Å². The van der Waals surface area contributed by atoms with E-state index in [-0.39, 0.29) is 18.8 Å². The quantitative estimate of drug-likeness (QED) is 0.874. The summed E-state index contributed by atoms with van der Waals surface area (Å²) in [6.07, 6.45) is 0. The minimum atomic E-state index is -3.77. The number of hydrogen-bond donors (Lipinski definition) is 1. The second-order valence-electron chi connectivity index (χ2n) is 3.57. The fourth-order valence-corrected chi connectivity index (χ4v) is 4.53. The zero-order chi connectivity index (χ0) is 14.2. The molecule has 19 heavy (non-hydrogen) atoms. The molecular weight excluding hydrogens is 379 g/mol. The standard InChI is InChI=1S/C10H7BrClFN2O2S2/c1-5-9(18-10(12)14-5)19(16,17)15-6-2-3-8(13)7(11)4-6/h2-4,15H,1H3. The number of nitrogens with zero attached hydrogens (tertiary/aromatic N) is 1. The van der Waals surface area contributed by atoms with E-state index in [9.17, 15) is 12.8 Å². The van der Waals surface area contributed by atoms with Gasteiger partial charge in [0.05, 0.1) is 15.9 Å². The van der Waals surface area contributed by atoms with Crippen molar-refractivity contribution in [2.45, 2.75) is 11.1 Å². The molecule has 1 aromatic heterocycles. The molecule has 1 N–H and O–H groups in total.